The quantitative estimate of drug-likeness (QED) is 0.793. The number of fused-ring (bicyclic) bond motifs is 1. The van der Waals surface area contributed by atoms with Gasteiger partial charge in [-0.2, -0.15) is 0 Å². The molecule has 1 aromatic carbocycles. The molecule has 4 rings (SSSR count). The van der Waals surface area contributed by atoms with Crippen LogP contribution in [-0.4, -0.2) is 54.2 Å². The van der Waals surface area contributed by atoms with Gasteiger partial charge in [-0.15, -0.1) is 0 Å². The van der Waals surface area contributed by atoms with E-state index in [0.29, 0.717) is 43.0 Å². The van der Waals surface area contributed by atoms with Gasteiger partial charge in [0.1, 0.15) is 5.76 Å². The highest BCUT2D eigenvalue weighted by atomic mass is 16.4. The number of piperazine rings is 1. The van der Waals surface area contributed by atoms with Crippen LogP contribution in [0.4, 0.5) is 0 Å². The molecule has 29 heavy (non-hydrogen) atoms. The Bertz CT molecular complexity index is 906. The highest BCUT2D eigenvalue weighted by Gasteiger charge is 2.38. The lowest BCUT2D eigenvalue weighted by Gasteiger charge is -2.34. The number of Topliss-reactive ketones (excluding diaryl/α,β-unsaturated/α-hetero) is 1. The number of hydrogen-bond acceptors (Lipinski definition) is 4. The van der Waals surface area contributed by atoms with Crippen molar-refractivity contribution in [3.8, 4) is 0 Å². The number of hydrogen-bond donors (Lipinski definition) is 0. The summed E-state index contributed by atoms with van der Waals surface area (Å²) < 4.78 is 5.96. The van der Waals surface area contributed by atoms with Gasteiger partial charge in [-0.05, 0) is 24.3 Å². The molecule has 1 aliphatic carbocycles. The van der Waals surface area contributed by atoms with Crippen molar-refractivity contribution >= 4 is 11.7 Å². The van der Waals surface area contributed by atoms with E-state index >= 15 is 0 Å². The largest absolute Gasteiger partial charge is 0.455 e. The minimum atomic E-state index is -0.112. The highest BCUT2D eigenvalue weighted by Crippen LogP contribution is 2.38. The van der Waals surface area contributed by atoms with Crippen LogP contribution in [0.2, 0.25) is 0 Å². The minimum Gasteiger partial charge on any atom is -0.455 e. The Labute approximate surface area is 172 Å². The number of benzene rings is 1. The summed E-state index contributed by atoms with van der Waals surface area (Å²) in [6, 6.07) is 10.5. The summed E-state index contributed by atoms with van der Waals surface area (Å²) in [4.78, 5) is 29.9. The van der Waals surface area contributed by atoms with Crippen LogP contribution in [0, 0.1) is 12.3 Å². The molecule has 154 valence electrons. The second kappa shape index (κ2) is 7.79. The fourth-order valence-electron chi connectivity index (χ4n) is 4.54. The second-order valence-electron chi connectivity index (χ2n) is 9.16. The Balaban J connectivity index is 1.38. The average Bonchev–Trinajstić information content (AvgIpc) is 3.02. The van der Waals surface area contributed by atoms with Crippen LogP contribution in [0.5, 0.6) is 0 Å². The molecule has 1 amide bonds. The van der Waals surface area contributed by atoms with Gasteiger partial charge in [0.05, 0.1) is 5.56 Å². The molecule has 0 bridgehead atoms. The topological polar surface area (TPSA) is 53.8 Å². The smallest absolute Gasteiger partial charge is 0.289 e. The maximum Gasteiger partial charge on any atom is 0.289 e. The van der Waals surface area contributed by atoms with Gasteiger partial charge >= 0.3 is 0 Å². The molecule has 5 heteroatoms. The minimum absolute atomic E-state index is 0.0785. The van der Waals surface area contributed by atoms with Crippen molar-refractivity contribution in [3.05, 3.63) is 58.5 Å². The van der Waals surface area contributed by atoms with Crippen LogP contribution in [0.15, 0.2) is 34.7 Å². The Hall–Kier alpha value is -2.40. The molecule has 0 atom stereocenters. The van der Waals surface area contributed by atoms with E-state index in [0.717, 1.165) is 31.6 Å². The van der Waals surface area contributed by atoms with E-state index in [2.05, 4.69) is 43.0 Å². The molecule has 1 aliphatic heterocycles. The standard InChI is InChI=1S/C24H30N2O3/c1-17-21-19(27)15-24(2,3)16-20(21)29-22(17)23(28)26-13-11-25(12-14-26)10-9-18-7-5-4-6-8-18/h4-8H,9-16H2,1-3H3. The van der Waals surface area contributed by atoms with Gasteiger partial charge in [-0.25, -0.2) is 0 Å². The predicted octanol–water partition coefficient (Wildman–Crippen LogP) is 3.74. The monoisotopic (exact) mass is 394 g/mol. The molecule has 5 nitrogen and oxygen atoms in total. The lowest BCUT2D eigenvalue weighted by atomic mass is 9.76. The van der Waals surface area contributed by atoms with Crippen molar-refractivity contribution in [3.63, 3.8) is 0 Å². The molecule has 0 saturated carbocycles. The van der Waals surface area contributed by atoms with Crippen LogP contribution in [0.1, 0.15) is 58.1 Å². The van der Waals surface area contributed by atoms with Crippen LogP contribution in [0.25, 0.3) is 0 Å². The van der Waals surface area contributed by atoms with E-state index < -0.39 is 0 Å². The lowest BCUT2D eigenvalue weighted by Crippen LogP contribution is -2.49. The third-order valence-corrected chi connectivity index (χ3v) is 6.19. The summed E-state index contributed by atoms with van der Waals surface area (Å²) in [5.74, 6) is 1.07. The summed E-state index contributed by atoms with van der Waals surface area (Å²) >= 11 is 0. The van der Waals surface area contributed by atoms with Gasteiger partial charge in [0, 0.05) is 51.1 Å². The summed E-state index contributed by atoms with van der Waals surface area (Å²) in [5, 5.41) is 0. The fourth-order valence-corrected chi connectivity index (χ4v) is 4.54. The summed E-state index contributed by atoms with van der Waals surface area (Å²) in [6.07, 6.45) is 2.24. The second-order valence-corrected chi connectivity index (χ2v) is 9.16. The number of amides is 1. The fraction of sp³-hybridized carbons (Fsp3) is 0.500. The van der Waals surface area contributed by atoms with Crippen LogP contribution >= 0.6 is 0 Å². The molecule has 0 spiro atoms. The van der Waals surface area contributed by atoms with Crippen LogP contribution in [-0.2, 0) is 12.8 Å². The Morgan fingerprint density at radius 2 is 1.76 bits per heavy atom. The van der Waals surface area contributed by atoms with Gasteiger partial charge in [0.2, 0.25) is 0 Å². The van der Waals surface area contributed by atoms with Crippen molar-refractivity contribution in [2.75, 3.05) is 32.7 Å². The number of rotatable bonds is 4. The number of carbonyl (C=O) groups is 2. The lowest BCUT2D eigenvalue weighted by molar-refractivity contribution is 0.0602. The average molecular weight is 395 g/mol. The third kappa shape index (κ3) is 4.15. The molecule has 0 N–H and O–H groups in total. The zero-order chi connectivity index (χ0) is 20.6. The number of furan rings is 1. The Morgan fingerprint density at radius 1 is 1.07 bits per heavy atom. The van der Waals surface area contributed by atoms with Gasteiger partial charge in [0.25, 0.3) is 5.91 Å². The van der Waals surface area contributed by atoms with E-state index in [4.69, 9.17) is 4.42 Å². The van der Waals surface area contributed by atoms with E-state index in [1.807, 2.05) is 17.9 Å². The molecule has 0 radical (unpaired) electrons. The molecule has 0 unspecified atom stereocenters. The number of nitrogens with zero attached hydrogens (tertiary/aromatic N) is 2. The molecule has 2 heterocycles. The Morgan fingerprint density at radius 3 is 2.45 bits per heavy atom. The highest BCUT2D eigenvalue weighted by molar-refractivity contribution is 6.03. The molecular formula is C24H30N2O3. The maximum absolute atomic E-state index is 13.1. The van der Waals surface area contributed by atoms with Gasteiger partial charge < -0.3 is 9.32 Å². The van der Waals surface area contributed by atoms with E-state index in [-0.39, 0.29) is 17.1 Å². The van der Waals surface area contributed by atoms with E-state index in [1.54, 1.807) is 0 Å². The molecule has 1 aromatic heterocycles. The van der Waals surface area contributed by atoms with Gasteiger partial charge in [-0.3, -0.25) is 14.5 Å². The molecule has 1 saturated heterocycles. The summed E-state index contributed by atoms with van der Waals surface area (Å²) in [6.45, 7) is 10.1. The van der Waals surface area contributed by atoms with Crippen molar-refractivity contribution in [2.24, 2.45) is 5.41 Å². The van der Waals surface area contributed by atoms with Gasteiger partial charge in [0.15, 0.2) is 11.5 Å². The van der Waals surface area contributed by atoms with Crippen LogP contribution in [0.3, 0.4) is 0 Å². The summed E-state index contributed by atoms with van der Waals surface area (Å²) in [5.41, 5.74) is 2.60. The molecule has 2 aliphatic rings. The first-order chi connectivity index (χ1) is 13.8. The van der Waals surface area contributed by atoms with E-state index in [1.165, 1.54) is 5.56 Å². The SMILES string of the molecule is Cc1c(C(=O)N2CCN(CCc3ccccc3)CC2)oc2c1C(=O)CC(C)(C)C2. The first-order valence-electron chi connectivity index (χ1n) is 10.5. The summed E-state index contributed by atoms with van der Waals surface area (Å²) in [7, 11) is 0. The van der Waals surface area contributed by atoms with Crippen molar-refractivity contribution < 1.29 is 14.0 Å². The van der Waals surface area contributed by atoms with Crippen molar-refractivity contribution in [1.82, 2.24) is 9.80 Å². The normalized spacial score (nSPS) is 19.3. The Kier molecular flexibility index (Phi) is 5.34. The number of ketones is 1. The number of carbonyl (C=O) groups excluding carboxylic acids is 2. The molecule has 2 aromatic rings. The first-order valence-corrected chi connectivity index (χ1v) is 10.5. The van der Waals surface area contributed by atoms with Gasteiger partial charge in [-0.1, -0.05) is 44.2 Å². The molecule has 1 fully saturated rings. The van der Waals surface area contributed by atoms with E-state index in [9.17, 15) is 9.59 Å². The zero-order valence-electron chi connectivity index (χ0n) is 17.7. The first kappa shape index (κ1) is 19.9. The van der Waals surface area contributed by atoms with Crippen LogP contribution < -0.4 is 0 Å². The maximum atomic E-state index is 13.1. The zero-order valence-corrected chi connectivity index (χ0v) is 17.7. The van der Waals surface area contributed by atoms with Crippen molar-refractivity contribution in [2.45, 2.75) is 40.0 Å². The predicted molar refractivity (Wildman–Crippen MR) is 112 cm³/mol. The molecular weight excluding hydrogens is 364 g/mol. The third-order valence-electron chi connectivity index (χ3n) is 6.19. The van der Waals surface area contributed by atoms with Crippen molar-refractivity contribution in [1.29, 1.82) is 0 Å².